The Morgan fingerprint density at radius 3 is 2.77 bits per heavy atom. The lowest BCUT2D eigenvalue weighted by Gasteiger charge is -2.12. The number of carbonyl (C=O) groups is 4. The van der Waals surface area contributed by atoms with Gasteiger partial charge in [0.05, 0.1) is 10.8 Å². The molecular formula is C20H18ClN3O5S. The highest BCUT2D eigenvalue weighted by Crippen LogP contribution is 2.31. The third-order valence-electron chi connectivity index (χ3n) is 4.46. The molecule has 2 aromatic rings. The quantitative estimate of drug-likeness (QED) is 0.536. The van der Waals surface area contributed by atoms with Crippen LogP contribution in [0.1, 0.15) is 22.3 Å². The van der Waals surface area contributed by atoms with Gasteiger partial charge in [-0.15, -0.1) is 0 Å². The summed E-state index contributed by atoms with van der Waals surface area (Å²) in [5.74, 6) is -1.91. The van der Waals surface area contributed by atoms with Crippen molar-refractivity contribution in [2.24, 2.45) is 0 Å². The van der Waals surface area contributed by atoms with E-state index in [1.807, 2.05) is 0 Å². The number of pyridine rings is 1. The third-order valence-corrected chi connectivity index (χ3v) is 6.07. The zero-order chi connectivity index (χ0) is 21.8. The second kappa shape index (κ2) is 9.27. The number of ether oxygens (including phenoxy) is 1. The molecule has 0 bridgehead atoms. The first-order valence-electron chi connectivity index (χ1n) is 8.92. The van der Waals surface area contributed by atoms with Crippen molar-refractivity contribution >= 4 is 52.7 Å². The molecule has 3 amide bonds. The Morgan fingerprint density at radius 2 is 2.07 bits per heavy atom. The summed E-state index contributed by atoms with van der Waals surface area (Å²) in [6.07, 6.45) is 1.51. The number of amides is 3. The van der Waals surface area contributed by atoms with Crippen molar-refractivity contribution in [3.8, 4) is 0 Å². The highest BCUT2D eigenvalue weighted by Gasteiger charge is 2.37. The van der Waals surface area contributed by atoms with E-state index in [2.05, 4.69) is 10.3 Å². The number of halogens is 1. The van der Waals surface area contributed by atoms with Crippen LogP contribution in [0, 0.1) is 6.92 Å². The molecule has 1 N–H and O–H groups in total. The maximum Gasteiger partial charge on any atom is 0.341 e. The molecule has 156 valence electrons. The molecule has 30 heavy (non-hydrogen) atoms. The smallest absolute Gasteiger partial charge is 0.341 e. The van der Waals surface area contributed by atoms with Gasteiger partial charge in [-0.2, -0.15) is 0 Å². The van der Waals surface area contributed by atoms with Crippen molar-refractivity contribution in [3.63, 3.8) is 0 Å². The largest absolute Gasteiger partial charge is 0.452 e. The molecule has 1 atom stereocenters. The van der Waals surface area contributed by atoms with Crippen LogP contribution >= 0.6 is 23.4 Å². The summed E-state index contributed by atoms with van der Waals surface area (Å²) in [5.41, 5.74) is 1.34. The molecule has 0 radical (unpaired) electrons. The zero-order valence-electron chi connectivity index (χ0n) is 16.2. The molecule has 0 aliphatic carbocycles. The number of anilines is 1. The highest BCUT2D eigenvalue weighted by atomic mass is 35.5. The minimum atomic E-state index is -0.756. The van der Waals surface area contributed by atoms with Gasteiger partial charge in [-0.1, -0.05) is 29.4 Å². The Morgan fingerprint density at radius 1 is 1.30 bits per heavy atom. The van der Waals surface area contributed by atoms with Gasteiger partial charge in [0.25, 0.3) is 5.91 Å². The number of nitrogens with one attached hydrogen (secondary N) is 1. The van der Waals surface area contributed by atoms with Gasteiger partial charge in [0.1, 0.15) is 5.03 Å². The summed E-state index contributed by atoms with van der Waals surface area (Å²) < 4.78 is 5.11. The third kappa shape index (κ3) is 4.80. The zero-order valence-corrected chi connectivity index (χ0v) is 17.7. The van der Waals surface area contributed by atoms with E-state index >= 15 is 0 Å². The Bertz CT molecular complexity index is 1030. The number of esters is 1. The summed E-state index contributed by atoms with van der Waals surface area (Å²) in [6.45, 7) is 1.25. The number of carbonyl (C=O) groups excluding carboxylic acids is 4. The first kappa shape index (κ1) is 21.8. The highest BCUT2D eigenvalue weighted by molar-refractivity contribution is 8.00. The first-order valence-corrected chi connectivity index (χ1v) is 10.2. The molecule has 0 saturated carbocycles. The van der Waals surface area contributed by atoms with Crippen LogP contribution in [0.3, 0.4) is 0 Å². The Kier molecular flexibility index (Phi) is 6.73. The number of hydrogen-bond acceptors (Lipinski definition) is 7. The monoisotopic (exact) mass is 447 g/mol. The molecule has 1 aromatic carbocycles. The number of rotatable bonds is 6. The normalized spacial score (nSPS) is 16.0. The Hall–Kier alpha value is -2.91. The van der Waals surface area contributed by atoms with E-state index in [0.29, 0.717) is 16.3 Å². The minimum Gasteiger partial charge on any atom is -0.452 e. The van der Waals surface area contributed by atoms with Gasteiger partial charge in [0.2, 0.25) is 11.8 Å². The molecule has 1 aromatic heterocycles. The van der Waals surface area contributed by atoms with Crippen LogP contribution in [0.25, 0.3) is 0 Å². The van der Waals surface area contributed by atoms with Crippen molar-refractivity contribution in [1.29, 1.82) is 0 Å². The number of likely N-dealkylation sites (tertiary alicyclic amines) is 1. The van der Waals surface area contributed by atoms with Gasteiger partial charge >= 0.3 is 5.97 Å². The lowest BCUT2D eigenvalue weighted by molar-refractivity contribution is -0.136. The predicted octanol–water partition coefficient (Wildman–Crippen LogP) is 2.69. The van der Waals surface area contributed by atoms with Crippen molar-refractivity contribution < 1.29 is 23.9 Å². The maximum atomic E-state index is 12.5. The molecule has 1 unspecified atom stereocenters. The van der Waals surface area contributed by atoms with Crippen LogP contribution in [0.2, 0.25) is 5.02 Å². The van der Waals surface area contributed by atoms with Gasteiger partial charge in [-0.05, 0) is 36.8 Å². The van der Waals surface area contributed by atoms with Gasteiger partial charge in [-0.25, -0.2) is 9.78 Å². The molecule has 2 heterocycles. The number of aromatic nitrogens is 1. The molecule has 1 aliphatic heterocycles. The van der Waals surface area contributed by atoms with Gasteiger partial charge in [0, 0.05) is 30.4 Å². The lowest BCUT2D eigenvalue weighted by Crippen LogP contribution is -2.26. The molecule has 1 aliphatic rings. The van der Waals surface area contributed by atoms with Crippen molar-refractivity contribution in [1.82, 2.24) is 9.88 Å². The molecule has 10 heteroatoms. The molecule has 3 rings (SSSR count). The fraction of sp³-hybridized carbons (Fsp3) is 0.250. The second-order valence-electron chi connectivity index (χ2n) is 6.49. The topological polar surface area (TPSA) is 106 Å². The number of thioether (sulfide) groups is 1. The molecule has 0 spiro atoms. The number of nitrogens with zero attached hydrogens (tertiary/aromatic N) is 2. The lowest BCUT2D eigenvalue weighted by atomic mass is 10.2. The summed E-state index contributed by atoms with van der Waals surface area (Å²) in [4.78, 5) is 53.6. The molecule has 1 saturated heterocycles. The van der Waals surface area contributed by atoms with E-state index in [4.69, 9.17) is 16.3 Å². The van der Waals surface area contributed by atoms with Crippen LogP contribution in [0.15, 0.2) is 41.6 Å². The van der Waals surface area contributed by atoms with Gasteiger partial charge in [-0.3, -0.25) is 19.3 Å². The van der Waals surface area contributed by atoms with Crippen LogP contribution in [0.4, 0.5) is 5.69 Å². The van der Waals surface area contributed by atoms with E-state index in [9.17, 15) is 19.2 Å². The van der Waals surface area contributed by atoms with E-state index in [-0.39, 0.29) is 28.8 Å². The van der Waals surface area contributed by atoms with Crippen molar-refractivity contribution in [2.75, 3.05) is 19.0 Å². The van der Waals surface area contributed by atoms with Gasteiger partial charge in [0.15, 0.2) is 6.61 Å². The second-order valence-corrected chi connectivity index (χ2v) is 8.09. The average Bonchev–Trinajstić information content (AvgIpc) is 2.96. The Labute approximate surface area is 181 Å². The standard InChI is InChI=1S/C20H18ClN3O5S/c1-11-13(21)6-3-7-14(11)23-16(25)10-29-20(28)12-5-4-8-22-18(12)30-15-9-17(26)24(2)19(15)27/h3-8,15H,9-10H2,1-2H3,(H,23,25). The van der Waals surface area contributed by atoms with E-state index < -0.39 is 23.7 Å². The summed E-state index contributed by atoms with van der Waals surface area (Å²) in [5, 5.41) is 2.75. The summed E-state index contributed by atoms with van der Waals surface area (Å²) in [7, 11) is 1.42. The number of imide groups is 1. The summed E-state index contributed by atoms with van der Waals surface area (Å²) >= 11 is 7.05. The van der Waals surface area contributed by atoms with Crippen LogP contribution in [-0.2, 0) is 19.1 Å². The van der Waals surface area contributed by atoms with Crippen LogP contribution in [-0.4, -0.2) is 52.5 Å². The fourth-order valence-electron chi connectivity index (χ4n) is 2.73. The Balaban J connectivity index is 1.63. The van der Waals surface area contributed by atoms with Crippen molar-refractivity contribution in [2.45, 2.75) is 23.6 Å². The van der Waals surface area contributed by atoms with Crippen LogP contribution < -0.4 is 5.32 Å². The van der Waals surface area contributed by atoms with E-state index in [1.54, 1.807) is 31.2 Å². The summed E-state index contributed by atoms with van der Waals surface area (Å²) in [6, 6.07) is 8.12. The maximum absolute atomic E-state index is 12.5. The average molecular weight is 448 g/mol. The van der Waals surface area contributed by atoms with E-state index in [1.165, 1.54) is 19.3 Å². The molecule has 8 nitrogen and oxygen atoms in total. The SMILES string of the molecule is Cc1c(Cl)cccc1NC(=O)COC(=O)c1cccnc1SC1CC(=O)N(C)C1=O. The van der Waals surface area contributed by atoms with Crippen LogP contribution in [0.5, 0.6) is 0 Å². The van der Waals surface area contributed by atoms with E-state index in [0.717, 1.165) is 16.7 Å². The number of benzene rings is 1. The van der Waals surface area contributed by atoms with Gasteiger partial charge < -0.3 is 10.1 Å². The minimum absolute atomic E-state index is 0.0342. The first-order chi connectivity index (χ1) is 14.3. The predicted molar refractivity (Wildman–Crippen MR) is 111 cm³/mol. The molecule has 1 fully saturated rings. The fourth-order valence-corrected chi connectivity index (χ4v) is 4.06. The van der Waals surface area contributed by atoms with Crippen molar-refractivity contribution in [3.05, 3.63) is 52.7 Å². The molecular weight excluding hydrogens is 430 g/mol. The number of hydrogen-bond donors (Lipinski definition) is 1.